The summed E-state index contributed by atoms with van der Waals surface area (Å²) < 4.78 is 14.6. The number of halogens is 1. The number of ether oxygens (including phenoxy) is 3. The molecular weight excluding hydrogens is 340 g/mol. The van der Waals surface area contributed by atoms with Crippen molar-refractivity contribution in [2.75, 3.05) is 25.6 Å². The average Bonchev–Trinajstić information content (AvgIpc) is 2.56. The molecule has 0 saturated carbocycles. The maximum atomic E-state index is 12.6. The van der Waals surface area contributed by atoms with Crippen molar-refractivity contribution in [2.45, 2.75) is 24.7 Å². The first-order valence-corrected chi connectivity index (χ1v) is 8.78. The molecular formula is C16H19ClO5S. The molecule has 0 aromatic heterocycles. The van der Waals surface area contributed by atoms with E-state index in [0.29, 0.717) is 22.9 Å². The maximum Gasteiger partial charge on any atom is 0.336 e. The Bertz CT molecular complexity index is 542. The molecule has 0 bridgehead atoms. The van der Waals surface area contributed by atoms with Crippen LogP contribution in [-0.4, -0.2) is 42.3 Å². The topological polar surface area (TPSA) is 61.8 Å². The Balaban J connectivity index is 2.47. The zero-order valence-electron chi connectivity index (χ0n) is 13.0. The summed E-state index contributed by atoms with van der Waals surface area (Å²) in [5.41, 5.74) is 0.683. The number of hydrogen-bond acceptors (Lipinski definition) is 6. The van der Waals surface area contributed by atoms with Crippen molar-refractivity contribution in [3.05, 3.63) is 34.9 Å². The number of hydrogen-bond donors (Lipinski definition) is 0. The molecule has 1 atom stereocenters. The Morgan fingerprint density at radius 3 is 2.30 bits per heavy atom. The van der Waals surface area contributed by atoms with Gasteiger partial charge < -0.3 is 14.2 Å². The Labute approximate surface area is 144 Å². The van der Waals surface area contributed by atoms with Crippen molar-refractivity contribution in [1.29, 1.82) is 0 Å². The summed E-state index contributed by atoms with van der Waals surface area (Å²) in [4.78, 5) is 25.3. The lowest BCUT2D eigenvalue weighted by molar-refractivity contribution is -0.166. The van der Waals surface area contributed by atoms with Crippen LogP contribution in [0.2, 0.25) is 5.02 Å². The standard InChI is InChI=1S/C16H19ClO5S/c1-3-20-14(18)16(15(19)21-4-2)13(22-9-10-23-16)11-5-7-12(17)8-6-11/h5-8,13H,3-4,9-10H2,1-2H3/t13-/m1/s1. The summed E-state index contributed by atoms with van der Waals surface area (Å²) in [7, 11) is 0. The first-order chi connectivity index (χ1) is 11.1. The second kappa shape index (κ2) is 8.04. The molecule has 1 saturated heterocycles. The molecule has 0 N–H and O–H groups in total. The van der Waals surface area contributed by atoms with Crippen LogP contribution in [-0.2, 0) is 23.8 Å². The second-order valence-electron chi connectivity index (χ2n) is 4.83. The summed E-state index contributed by atoms with van der Waals surface area (Å²) >= 11 is 7.12. The summed E-state index contributed by atoms with van der Waals surface area (Å²) in [6.07, 6.45) is -0.781. The van der Waals surface area contributed by atoms with Crippen LogP contribution in [0.4, 0.5) is 0 Å². The SMILES string of the molecule is CCOC(=O)C1(C(=O)OCC)SCCO[C@@H]1c1ccc(Cl)cc1. The van der Waals surface area contributed by atoms with Gasteiger partial charge in [0.05, 0.1) is 19.8 Å². The van der Waals surface area contributed by atoms with Gasteiger partial charge in [-0.1, -0.05) is 23.7 Å². The third-order valence-electron chi connectivity index (χ3n) is 3.40. The molecule has 0 aliphatic carbocycles. The van der Waals surface area contributed by atoms with E-state index in [2.05, 4.69) is 0 Å². The molecule has 1 aromatic carbocycles. The number of benzene rings is 1. The Morgan fingerprint density at radius 1 is 1.22 bits per heavy atom. The molecule has 1 aliphatic rings. The zero-order valence-corrected chi connectivity index (χ0v) is 14.6. The van der Waals surface area contributed by atoms with Crippen molar-refractivity contribution in [3.63, 3.8) is 0 Å². The minimum Gasteiger partial charge on any atom is -0.464 e. The molecule has 126 valence electrons. The number of thioether (sulfide) groups is 1. The number of esters is 2. The van der Waals surface area contributed by atoms with Crippen LogP contribution in [0.3, 0.4) is 0 Å². The van der Waals surface area contributed by atoms with Gasteiger partial charge in [0.25, 0.3) is 0 Å². The molecule has 1 aromatic rings. The Morgan fingerprint density at radius 2 is 1.78 bits per heavy atom. The third-order valence-corrected chi connectivity index (χ3v) is 5.02. The van der Waals surface area contributed by atoms with Crippen LogP contribution < -0.4 is 0 Å². The van der Waals surface area contributed by atoms with Crippen LogP contribution >= 0.6 is 23.4 Å². The summed E-state index contributed by atoms with van der Waals surface area (Å²) in [6.45, 7) is 4.17. The minimum atomic E-state index is -1.56. The molecule has 0 spiro atoms. The van der Waals surface area contributed by atoms with Gasteiger partial charge in [0, 0.05) is 10.8 Å². The van der Waals surface area contributed by atoms with Crippen molar-refractivity contribution < 1.29 is 23.8 Å². The van der Waals surface area contributed by atoms with Crippen LogP contribution in [0, 0.1) is 0 Å². The van der Waals surface area contributed by atoms with E-state index in [1.54, 1.807) is 38.1 Å². The Kier molecular flexibility index (Phi) is 6.33. The lowest BCUT2D eigenvalue weighted by atomic mass is 9.94. The first kappa shape index (κ1) is 18.1. The van der Waals surface area contributed by atoms with Crippen molar-refractivity contribution in [3.8, 4) is 0 Å². The summed E-state index contributed by atoms with van der Waals surface area (Å²) in [6, 6.07) is 6.87. The molecule has 0 radical (unpaired) electrons. The molecule has 7 heteroatoms. The van der Waals surface area contributed by atoms with E-state index in [9.17, 15) is 9.59 Å². The predicted octanol–water partition coefficient (Wildman–Crippen LogP) is 3.01. The minimum absolute atomic E-state index is 0.174. The van der Waals surface area contributed by atoms with Gasteiger partial charge in [0.2, 0.25) is 4.75 Å². The summed E-state index contributed by atoms with van der Waals surface area (Å²) in [5, 5.41) is 0.565. The normalized spacial score (nSPS) is 19.9. The van der Waals surface area contributed by atoms with E-state index < -0.39 is 22.8 Å². The number of rotatable bonds is 5. The lowest BCUT2D eigenvalue weighted by Crippen LogP contribution is -2.54. The smallest absolute Gasteiger partial charge is 0.336 e. The van der Waals surface area contributed by atoms with Gasteiger partial charge in [-0.3, -0.25) is 0 Å². The molecule has 0 unspecified atom stereocenters. The van der Waals surface area contributed by atoms with Gasteiger partial charge >= 0.3 is 11.9 Å². The monoisotopic (exact) mass is 358 g/mol. The van der Waals surface area contributed by atoms with E-state index >= 15 is 0 Å². The highest BCUT2D eigenvalue weighted by Crippen LogP contribution is 2.46. The van der Waals surface area contributed by atoms with E-state index in [0.717, 1.165) is 0 Å². The van der Waals surface area contributed by atoms with E-state index in [1.165, 1.54) is 11.8 Å². The van der Waals surface area contributed by atoms with Crippen LogP contribution in [0.15, 0.2) is 24.3 Å². The highest BCUT2D eigenvalue weighted by molar-refractivity contribution is 8.02. The quantitative estimate of drug-likeness (QED) is 0.595. The van der Waals surface area contributed by atoms with Gasteiger partial charge in [-0.05, 0) is 31.5 Å². The van der Waals surface area contributed by atoms with Gasteiger partial charge in [0.1, 0.15) is 6.10 Å². The van der Waals surface area contributed by atoms with E-state index in [4.69, 9.17) is 25.8 Å². The fourth-order valence-corrected chi connectivity index (χ4v) is 3.76. The predicted molar refractivity (Wildman–Crippen MR) is 88.6 cm³/mol. The fraction of sp³-hybridized carbons (Fsp3) is 0.500. The van der Waals surface area contributed by atoms with Gasteiger partial charge in [-0.25, -0.2) is 9.59 Å². The van der Waals surface area contributed by atoms with Crippen LogP contribution in [0.1, 0.15) is 25.5 Å². The Hall–Kier alpha value is -1.24. The lowest BCUT2D eigenvalue weighted by Gasteiger charge is -2.39. The molecule has 1 aliphatic heterocycles. The fourth-order valence-electron chi connectivity index (χ4n) is 2.42. The average molecular weight is 359 g/mol. The van der Waals surface area contributed by atoms with E-state index in [1.807, 2.05) is 0 Å². The van der Waals surface area contributed by atoms with Crippen LogP contribution in [0.25, 0.3) is 0 Å². The van der Waals surface area contributed by atoms with Crippen LogP contribution in [0.5, 0.6) is 0 Å². The highest BCUT2D eigenvalue weighted by atomic mass is 35.5. The van der Waals surface area contributed by atoms with Crippen molar-refractivity contribution in [1.82, 2.24) is 0 Å². The number of carbonyl (C=O) groups is 2. The number of carbonyl (C=O) groups excluding carboxylic acids is 2. The van der Waals surface area contributed by atoms with Gasteiger partial charge in [-0.2, -0.15) is 0 Å². The zero-order chi connectivity index (χ0) is 16.9. The van der Waals surface area contributed by atoms with Gasteiger partial charge in [0.15, 0.2) is 0 Å². The van der Waals surface area contributed by atoms with Gasteiger partial charge in [-0.15, -0.1) is 11.8 Å². The second-order valence-corrected chi connectivity index (χ2v) is 6.60. The largest absolute Gasteiger partial charge is 0.464 e. The highest BCUT2D eigenvalue weighted by Gasteiger charge is 2.58. The van der Waals surface area contributed by atoms with Crippen molar-refractivity contribution in [2.24, 2.45) is 0 Å². The molecule has 5 nitrogen and oxygen atoms in total. The molecule has 2 rings (SSSR count). The third kappa shape index (κ3) is 3.65. The molecule has 1 fully saturated rings. The van der Waals surface area contributed by atoms with Crippen molar-refractivity contribution >= 4 is 35.3 Å². The molecule has 1 heterocycles. The van der Waals surface area contributed by atoms with E-state index in [-0.39, 0.29) is 13.2 Å². The maximum absolute atomic E-state index is 12.6. The molecule has 23 heavy (non-hydrogen) atoms. The first-order valence-electron chi connectivity index (χ1n) is 7.41. The summed E-state index contributed by atoms with van der Waals surface area (Å²) in [5.74, 6) is -0.770. The molecule has 0 amide bonds.